The van der Waals surface area contributed by atoms with E-state index in [1.54, 1.807) is 0 Å². The maximum absolute atomic E-state index is 8.70. The third kappa shape index (κ3) is 4.46. The minimum atomic E-state index is 0.341. The summed E-state index contributed by atoms with van der Waals surface area (Å²) < 4.78 is 5.64. The molecular formula is C14H19NO. The highest BCUT2D eigenvalue weighted by Crippen LogP contribution is 2.15. The van der Waals surface area contributed by atoms with Crippen LogP contribution in [0.2, 0.25) is 0 Å². The molecule has 86 valence electrons. The lowest BCUT2D eigenvalue weighted by Crippen LogP contribution is -2.15. The van der Waals surface area contributed by atoms with E-state index in [-0.39, 0.29) is 0 Å². The smallest absolute Gasteiger partial charge is 0.0717 e. The number of hydrogen-bond acceptors (Lipinski definition) is 2. The Morgan fingerprint density at radius 1 is 1.25 bits per heavy atom. The molecular weight excluding hydrogens is 198 g/mol. The van der Waals surface area contributed by atoms with Crippen molar-refractivity contribution in [3.05, 3.63) is 35.9 Å². The van der Waals surface area contributed by atoms with Crippen molar-refractivity contribution in [1.29, 1.82) is 5.26 Å². The fraction of sp³-hybridized carbons (Fsp3) is 0.500. The summed E-state index contributed by atoms with van der Waals surface area (Å²) in [7, 11) is 0. The van der Waals surface area contributed by atoms with Crippen LogP contribution in [0, 0.1) is 23.2 Å². The van der Waals surface area contributed by atoms with Gasteiger partial charge in [-0.1, -0.05) is 44.2 Å². The monoisotopic (exact) mass is 217 g/mol. The van der Waals surface area contributed by atoms with Gasteiger partial charge in [0.1, 0.15) is 0 Å². The predicted molar refractivity (Wildman–Crippen MR) is 64.7 cm³/mol. The zero-order valence-corrected chi connectivity index (χ0v) is 10.0. The molecule has 0 N–H and O–H groups in total. The van der Waals surface area contributed by atoms with Crippen molar-refractivity contribution in [1.82, 2.24) is 0 Å². The lowest BCUT2D eigenvalue weighted by molar-refractivity contribution is 0.0731. The van der Waals surface area contributed by atoms with Crippen molar-refractivity contribution in [2.75, 3.05) is 6.61 Å². The number of hydrogen-bond donors (Lipinski definition) is 0. The minimum absolute atomic E-state index is 0.341. The number of rotatable bonds is 6. The first-order chi connectivity index (χ1) is 7.74. The van der Waals surface area contributed by atoms with Crippen LogP contribution in [0.3, 0.4) is 0 Å². The molecule has 2 nitrogen and oxygen atoms in total. The average Bonchev–Trinajstić information content (AvgIpc) is 2.29. The van der Waals surface area contributed by atoms with E-state index in [1.807, 2.05) is 18.2 Å². The minimum Gasteiger partial charge on any atom is -0.376 e. The van der Waals surface area contributed by atoms with Crippen LogP contribution in [0.5, 0.6) is 0 Å². The maximum atomic E-state index is 8.70. The SMILES string of the molecule is CC(C)C(CC#N)COCc1ccccc1. The highest BCUT2D eigenvalue weighted by molar-refractivity contribution is 5.13. The summed E-state index contributed by atoms with van der Waals surface area (Å²) in [5.74, 6) is 0.837. The molecule has 0 bridgehead atoms. The molecule has 1 aromatic carbocycles. The summed E-state index contributed by atoms with van der Waals surface area (Å²) in [4.78, 5) is 0. The first kappa shape index (κ1) is 12.7. The number of nitrogens with zero attached hydrogens (tertiary/aromatic N) is 1. The topological polar surface area (TPSA) is 33.0 Å². The maximum Gasteiger partial charge on any atom is 0.0717 e. The fourth-order valence-electron chi connectivity index (χ4n) is 1.51. The normalized spacial score (nSPS) is 12.4. The molecule has 16 heavy (non-hydrogen) atoms. The van der Waals surface area contributed by atoms with E-state index in [0.29, 0.717) is 31.5 Å². The molecule has 0 aliphatic rings. The van der Waals surface area contributed by atoms with Crippen LogP contribution in [0.25, 0.3) is 0 Å². The van der Waals surface area contributed by atoms with E-state index in [2.05, 4.69) is 32.0 Å². The van der Waals surface area contributed by atoms with Crippen molar-refractivity contribution in [3.63, 3.8) is 0 Å². The van der Waals surface area contributed by atoms with Gasteiger partial charge < -0.3 is 4.74 Å². The molecule has 0 aliphatic carbocycles. The van der Waals surface area contributed by atoms with Crippen LogP contribution >= 0.6 is 0 Å². The van der Waals surface area contributed by atoms with Gasteiger partial charge in [0.15, 0.2) is 0 Å². The van der Waals surface area contributed by atoms with E-state index >= 15 is 0 Å². The highest BCUT2D eigenvalue weighted by Gasteiger charge is 2.12. The largest absolute Gasteiger partial charge is 0.376 e. The van der Waals surface area contributed by atoms with Gasteiger partial charge in [-0.25, -0.2) is 0 Å². The van der Waals surface area contributed by atoms with Gasteiger partial charge in [-0.2, -0.15) is 5.26 Å². The third-order valence-corrected chi connectivity index (χ3v) is 2.74. The Morgan fingerprint density at radius 2 is 1.94 bits per heavy atom. The lowest BCUT2D eigenvalue weighted by atomic mass is 9.94. The Balaban J connectivity index is 2.31. The van der Waals surface area contributed by atoms with Gasteiger partial charge >= 0.3 is 0 Å². The molecule has 0 saturated heterocycles. The Morgan fingerprint density at radius 3 is 2.50 bits per heavy atom. The predicted octanol–water partition coefficient (Wildman–Crippen LogP) is 3.39. The molecule has 1 rings (SSSR count). The second kappa shape index (κ2) is 7.03. The average molecular weight is 217 g/mol. The highest BCUT2D eigenvalue weighted by atomic mass is 16.5. The summed E-state index contributed by atoms with van der Waals surface area (Å²) in [5.41, 5.74) is 1.18. The van der Waals surface area contributed by atoms with Gasteiger partial charge in [-0.3, -0.25) is 0 Å². The van der Waals surface area contributed by atoms with E-state index in [1.165, 1.54) is 5.56 Å². The van der Waals surface area contributed by atoms with Gasteiger partial charge in [0.25, 0.3) is 0 Å². The molecule has 0 radical (unpaired) electrons. The van der Waals surface area contributed by atoms with Crippen LogP contribution in [-0.4, -0.2) is 6.61 Å². The first-order valence-electron chi connectivity index (χ1n) is 5.72. The summed E-state index contributed by atoms with van der Waals surface area (Å²) in [6.07, 6.45) is 0.576. The molecule has 1 aromatic rings. The molecule has 0 fully saturated rings. The molecule has 0 heterocycles. The Bertz CT molecular complexity index is 326. The molecule has 0 aliphatic heterocycles. The molecule has 1 atom stereocenters. The number of ether oxygens (including phenoxy) is 1. The first-order valence-corrected chi connectivity index (χ1v) is 5.72. The van der Waals surface area contributed by atoms with E-state index < -0.39 is 0 Å². The summed E-state index contributed by atoms with van der Waals surface area (Å²) in [5, 5.41) is 8.70. The number of benzene rings is 1. The fourth-order valence-corrected chi connectivity index (χ4v) is 1.51. The van der Waals surface area contributed by atoms with Gasteiger partial charge in [-0.15, -0.1) is 0 Å². The molecule has 0 spiro atoms. The van der Waals surface area contributed by atoms with Crippen LogP contribution in [0.4, 0.5) is 0 Å². The summed E-state index contributed by atoms with van der Waals surface area (Å²) in [6, 6.07) is 12.3. The molecule has 1 unspecified atom stereocenters. The van der Waals surface area contributed by atoms with Gasteiger partial charge in [0.2, 0.25) is 0 Å². The second-order valence-corrected chi connectivity index (χ2v) is 4.37. The quantitative estimate of drug-likeness (QED) is 0.731. The van der Waals surface area contributed by atoms with Gasteiger partial charge in [0.05, 0.1) is 19.3 Å². The van der Waals surface area contributed by atoms with Crippen LogP contribution in [0.15, 0.2) is 30.3 Å². The van der Waals surface area contributed by atoms with E-state index in [0.717, 1.165) is 0 Å². The van der Waals surface area contributed by atoms with E-state index in [9.17, 15) is 0 Å². The van der Waals surface area contributed by atoms with Crippen LogP contribution in [0.1, 0.15) is 25.8 Å². The Labute approximate surface area is 97.9 Å². The van der Waals surface area contributed by atoms with Crippen LogP contribution in [-0.2, 0) is 11.3 Å². The molecule has 0 aromatic heterocycles. The van der Waals surface area contributed by atoms with Crippen molar-refractivity contribution in [3.8, 4) is 6.07 Å². The van der Waals surface area contributed by atoms with Crippen LogP contribution < -0.4 is 0 Å². The zero-order valence-electron chi connectivity index (χ0n) is 10.0. The van der Waals surface area contributed by atoms with Crippen molar-refractivity contribution in [2.24, 2.45) is 11.8 Å². The standard InChI is InChI=1S/C14H19NO/c1-12(2)14(8-9-15)11-16-10-13-6-4-3-5-7-13/h3-7,12,14H,8,10-11H2,1-2H3. The van der Waals surface area contributed by atoms with Gasteiger partial charge in [0, 0.05) is 6.42 Å². The lowest BCUT2D eigenvalue weighted by Gasteiger charge is -2.17. The molecule has 2 heteroatoms. The second-order valence-electron chi connectivity index (χ2n) is 4.37. The van der Waals surface area contributed by atoms with Crippen molar-refractivity contribution < 1.29 is 4.74 Å². The number of nitriles is 1. The Hall–Kier alpha value is -1.33. The molecule has 0 amide bonds. The summed E-state index contributed by atoms with van der Waals surface area (Å²) >= 11 is 0. The van der Waals surface area contributed by atoms with E-state index in [4.69, 9.17) is 10.00 Å². The molecule has 0 saturated carbocycles. The zero-order chi connectivity index (χ0) is 11.8. The van der Waals surface area contributed by atoms with Gasteiger partial charge in [-0.05, 0) is 17.4 Å². The summed E-state index contributed by atoms with van der Waals surface area (Å²) in [6.45, 7) is 5.57. The van der Waals surface area contributed by atoms with Crippen molar-refractivity contribution >= 4 is 0 Å². The third-order valence-electron chi connectivity index (χ3n) is 2.74. The van der Waals surface area contributed by atoms with Crippen molar-refractivity contribution in [2.45, 2.75) is 26.9 Å². The Kier molecular flexibility index (Phi) is 5.60.